The summed E-state index contributed by atoms with van der Waals surface area (Å²) >= 11 is 0. The first-order chi connectivity index (χ1) is 15.5. The highest BCUT2D eigenvalue weighted by Crippen LogP contribution is 2.51. The van der Waals surface area contributed by atoms with Crippen molar-refractivity contribution in [1.29, 1.82) is 0 Å². The third-order valence-corrected chi connectivity index (χ3v) is 6.28. The SMILES string of the molecule is C\C(C=O)=C/C=C/C(C)=C/C=C/C=C(C)/C=C/C=C(\C)C1C=C2C(C)(C)CC(O)CC2(C)O1. The van der Waals surface area contributed by atoms with Crippen LogP contribution in [0.15, 0.2) is 94.7 Å². The number of carbonyl (C=O) groups excluding carboxylic acids is 1. The Kier molecular flexibility index (Phi) is 9.39. The van der Waals surface area contributed by atoms with Gasteiger partial charge < -0.3 is 9.84 Å². The molecule has 0 amide bonds. The smallest absolute Gasteiger partial charge is 0.145 e. The summed E-state index contributed by atoms with van der Waals surface area (Å²) in [4.78, 5) is 10.6. The van der Waals surface area contributed by atoms with Gasteiger partial charge in [-0.05, 0) is 69.2 Å². The summed E-state index contributed by atoms with van der Waals surface area (Å²) in [7, 11) is 0. The minimum absolute atomic E-state index is 0.0449. The van der Waals surface area contributed by atoms with Crippen LogP contribution in [0.2, 0.25) is 0 Å². The lowest BCUT2D eigenvalue weighted by Gasteiger charge is -2.44. The second-order valence-electron chi connectivity index (χ2n) is 10.2. The van der Waals surface area contributed by atoms with E-state index in [-0.39, 0.29) is 23.2 Å². The van der Waals surface area contributed by atoms with Crippen LogP contribution in [0.4, 0.5) is 0 Å². The minimum Gasteiger partial charge on any atom is -0.393 e. The Morgan fingerprint density at radius 2 is 1.42 bits per heavy atom. The molecule has 33 heavy (non-hydrogen) atoms. The van der Waals surface area contributed by atoms with Gasteiger partial charge in [-0.25, -0.2) is 0 Å². The third kappa shape index (κ3) is 7.80. The fraction of sp³-hybridized carbons (Fsp3) is 0.433. The van der Waals surface area contributed by atoms with E-state index < -0.39 is 0 Å². The molecule has 1 aliphatic carbocycles. The third-order valence-electron chi connectivity index (χ3n) is 6.28. The summed E-state index contributed by atoms with van der Waals surface area (Å²) in [6, 6.07) is 0. The van der Waals surface area contributed by atoms with Crippen molar-refractivity contribution in [3.8, 4) is 0 Å². The number of aldehydes is 1. The number of hydrogen-bond acceptors (Lipinski definition) is 3. The normalized spacial score (nSPS) is 29.3. The predicted molar refractivity (Wildman–Crippen MR) is 139 cm³/mol. The molecule has 1 saturated carbocycles. The molecule has 0 aromatic carbocycles. The zero-order chi connectivity index (χ0) is 24.6. The lowest BCUT2D eigenvalue weighted by molar-refractivity contribution is -0.104. The summed E-state index contributed by atoms with van der Waals surface area (Å²) < 4.78 is 6.41. The lowest BCUT2D eigenvalue weighted by atomic mass is 9.65. The maximum Gasteiger partial charge on any atom is 0.145 e. The largest absolute Gasteiger partial charge is 0.393 e. The number of ether oxygens (including phenoxy) is 1. The average molecular weight is 449 g/mol. The molecule has 3 nitrogen and oxygen atoms in total. The van der Waals surface area contributed by atoms with Gasteiger partial charge in [0.15, 0.2) is 0 Å². The molecule has 1 fully saturated rings. The van der Waals surface area contributed by atoms with Crippen molar-refractivity contribution in [3.63, 3.8) is 0 Å². The van der Waals surface area contributed by atoms with E-state index in [2.05, 4.69) is 65.0 Å². The molecule has 0 aromatic heterocycles. The lowest BCUT2D eigenvalue weighted by Crippen LogP contribution is -2.45. The van der Waals surface area contributed by atoms with Crippen molar-refractivity contribution in [2.45, 2.75) is 79.1 Å². The van der Waals surface area contributed by atoms with Gasteiger partial charge >= 0.3 is 0 Å². The molecule has 0 radical (unpaired) electrons. The topological polar surface area (TPSA) is 46.5 Å². The molecular weight excluding hydrogens is 408 g/mol. The van der Waals surface area contributed by atoms with Crippen molar-refractivity contribution in [2.24, 2.45) is 5.41 Å². The Bertz CT molecular complexity index is 963. The van der Waals surface area contributed by atoms with Crippen LogP contribution in [0, 0.1) is 5.41 Å². The van der Waals surface area contributed by atoms with Crippen LogP contribution in [0.1, 0.15) is 61.3 Å². The Labute approximate surface area is 200 Å². The van der Waals surface area contributed by atoms with E-state index in [1.807, 2.05) is 37.3 Å². The maximum atomic E-state index is 10.6. The van der Waals surface area contributed by atoms with Gasteiger partial charge in [0.05, 0.1) is 17.8 Å². The van der Waals surface area contributed by atoms with Gasteiger partial charge in [0.2, 0.25) is 0 Å². The Hall–Kier alpha value is -2.49. The van der Waals surface area contributed by atoms with Gasteiger partial charge in [-0.3, -0.25) is 4.79 Å². The Morgan fingerprint density at radius 1 is 0.879 bits per heavy atom. The van der Waals surface area contributed by atoms with E-state index in [0.29, 0.717) is 12.0 Å². The van der Waals surface area contributed by atoms with E-state index in [1.165, 1.54) is 5.57 Å². The summed E-state index contributed by atoms with van der Waals surface area (Å²) in [6.07, 6.45) is 24.2. The van der Waals surface area contributed by atoms with Crippen LogP contribution >= 0.6 is 0 Å². The van der Waals surface area contributed by atoms with E-state index >= 15 is 0 Å². The van der Waals surface area contributed by atoms with Gasteiger partial charge in [0.25, 0.3) is 0 Å². The molecule has 1 aliphatic heterocycles. The van der Waals surface area contributed by atoms with Crippen LogP contribution in [-0.2, 0) is 9.53 Å². The highest BCUT2D eigenvalue weighted by atomic mass is 16.5. The monoisotopic (exact) mass is 448 g/mol. The summed E-state index contributed by atoms with van der Waals surface area (Å²) in [6.45, 7) is 14.5. The molecule has 3 heteroatoms. The Morgan fingerprint density at radius 3 is 2.00 bits per heavy atom. The van der Waals surface area contributed by atoms with Crippen molar-refractivity contribution in [3.05, 3.63) is 94.7 Å². The van der Waals surface area contributed by atoms with E-state index in [4.69, 9.17) is 4.74 Å². The maximum absolute atomic E-state index is 10.6. The first-order valence-electron chi connectivity index (χ1n) is 11.7. The number of aliphatic hydroxyl groups is 1. The molecule has 3 unspecified atom stereocenters. The van der Waals surface area contributed by atoms with Crippen molar-refractivity contribution in [2.75, 3.05) is 0 Å². The fourth-order valence-electron chi connectivity index (χ4n) is 4.61. The van der Waals surface area contributed by atoms with Crippen LogP contribution in [0.3, 0.4) is 0 Å². The van der Waals surface area contributed by atoms with Gasteiger partial charge in [0, 0.05) is 6.42 Å². The summed E-state index contributed by atoms with van der Waals surface area (Å²) in [5.41, 5.74) is 5.01. The summed E-state index contributed by atoms with van der Waals surface area (Å²) in [5.74, 6) is 0. The number of fused-ring (bicyclic) bond motifs is 1. The molecule has 0 aromatic rings. The number of aliphatic hydroxyl groups excluding tert-OH is 1. The second-order valence-corrected chi connectivity index (χ2v) is 10.2. The van der Waals surface area contributed by atoms with E-state index in [9.17, 15) is 9.90 Å². The van der Waals surface area contributed by atoms with Crippen molar-refractivity contribution < 1.29 is 14.6 Å². The van der Waals surface area contributed by atoms with Crippen LogP contribution in [0.5, 0.6) is 0 Å². The van der Waals surface area contributed by atoms with Gasteiger partial charge in [-0.2, -0.15) is 0 Å². The first kappa shape index (κ1) is 26.8. The molecule has 3 atom stereocenters. The second kappa shape index (κ2) is 11.6. The Balaban J connectivity index is 1.97. The highest BCUT2D eigenvalue weighted by molar-refractivity contribution is 5.72. The molecule has 0 saturated heterocycles. The van der Waals surface area contributed by atoms with E-state index in [1.54, 1.807) is 13.0 Å². The molecular formula is C30H40O3. The van der Waals surface area contributed by atoms with Crippen molar-refractivity contribution in [1.82, 2.24) is 0 Å². The number of carbonyl (C=O) groups is 1. The summed E-state index contributed by atoms with van der Waals surface area (Å²) in [5, 5.41) is 10.3. The van der Waals surface area contributed by atoms with Gasteiger partial charge in [0.1, 0.15) is 6.29 Å². The fourth-order valence-corrected chi connectivity index (χ4v) is 4.61. The molecule has 2 rings (SSSR count). The molecule has 1 heterocycles. The van der Waals surface area contributed by atoms with Gasteiger partial charge in [-0.15, -0.1) is 0 Å². The zero-order valence-corrected chi connectivity index (χ0v) is 21.3. The average Bonchev–Trinajstić information content (AvgIpc) is 3.08. The van der Waals surface area contributed by atoms with Crippen LogP contribution < -0.4 is 0 Å². The molecule has 0 bridgehead atoms. The first-order valence-corrected chi connectivity index (χ1v) is 11.7. The number of hydrogen-bond donors (Lipinski definition) is 1. The molecule has 178 valence electrons. The van der Waals surface area contributed by atoms with Gasteiger partial charge in [-0.1, -0.05) is 85.8 Å². The number of allylic oxidation sites excluding steroid dienone is 13. The minimum atomic E-state index is -0.379. The number of rotatable bonds is 8. The van der Waals surface area contributed by atoms with Crippen LogP contribution in [-0.4, -0.2) is 29.2 Å². The van der Waals surface area contributed by atoms with E-state index in [0.717, 1.165) is 29.4 Å². The quantitative estimate of drug-likeness (QED) is 0.190. The zero-order valence-electron chi connectivity index (χ0n) is 21.3. The standard InChI is InChI=1S/C30H40O3/c1-22(14-10-16-24(3)21-31)12-8-9-13-23(2)15-11-17-25(4)27-18-28-29(5,6)19-26(32)20-30(28,7)33-27/h8-18,21,26-27,32H,19-20H2,1-7H3/b9-8+,14-10+,15-11+,22-12+,23-13+,24-16+,25-17+. The van der Waals surface area contributed by atoms with Crippen molar-refractivity contribution >= 4 is 6.29 Å². The van der Waals surface area contributed by atoms with Crippen LogP contribution in [0.25, 0.3) is 0 Å². The molecule has 1 N–H and O–H groups in total. The molecule has 0 spiro atoms. The highest BCUT2D eigenvalue weighted by Gasteiger charge is 2.50. The molecule has 2 aliphatic rings. The predicted octanol–water partition coefficient (Wildman–Crippen LogP) is 6.90.